The summed E-state index contributed by atoms with van der Waals surface area (Å²) in [6.07, 6.45) is 0. The number of nitrogens with one attached hydrogen (secondary N) is 1. The summed E-state index contributed by atoms with van der Waals surface area (Å²) in [5.74, 6) is 0. The molecule has 0 unspecified atom stereocenters. The maximum absolute atomic E-state index is 11.0. The summed E-state index contributed by atoms with van der Waals surface area (Å²) in [4.78, 5) is 13.1. The number of benzene rings is 1. The van der Waals surface area contributed by atoms with E-state index in [9.17, 15) is 10.1 Å². The van der Waals surface area contributed by atoms with Crippen molar-refractivity contribution in [1.82, 2.24) is 0 Å². The van der Waals surface area contributed by atoms with Gasteiger partial charge in [0.2, 0.25) is 0 Å². The van der Waals surface area contributed by atoms with Crippen LogP contribution in [0.1, 0.15) is 20.9 Å². The van der Waals surface area contributed by atoms with Crippen molar-refractivity contribution in [3.63, 3.8) is 0 Å². The normalized spacial score (nSPS) is 10.5. The lowest BCUT2D eigenvalue weighted by Gasteiger charge is -2.08. The highest BCUT2D eigenvalue weighted by Gasteiger charge is 2.15. The van der Waals surface area contributed by atoms with E-state index in [-0.39, 0.29) is 10.6 Å². The van der Waals surface area contributed by atoms with Crippen molar-refractivity contribution < 1.29 is 4.92 Å². The number of nitro benzene ring substituents is 1. The third kappa shape index (κ3) is 2.93. The molecule has 0 aliphatic heterocycles. The smallest absolute Gasteiger partial charge is 0.292 e. The quantitative estimate of drug-likeness (QED) is 0.672. The molecule has 0 saturated heterocycles. The highest BCUT2D eigenvalue weighted by Crippen LogP contribution is 2.29. The third-order valence-corrected chi connectivity index (χ3v) is 4.26. The molecule has 0 spiro atoms. The molecule has 0 saturated carbocycles. The topological polar surface area (TPSA) is 55.2 Å². The van der Waals surface area contributed by atoms with Gasteiger partial charge in [-0.2, -0.15) is 0 Å². The Morgan fingerprint density at radius 1 is 1.26 bits per heavy atom. The molecule has 0 fully saturated rings. The number of anilines is 1. The lowest BCUT2D eigenvalue weighted by atomic mass is 10.1. The van der Waals surface area contributed by atoms with Crippen LogP contribution in [0.2, 0.25) is 0 Å². The van der Waals surface area contributed by atoms with Crippen LogP contribution in [0.25, 0.3) is 0 Å². The molecule has 0 aliphatic rings. The molecule has 0 aliphatic carbocycles. The van der Waals surface area contributed by atoms with Crippen LogP contribution in [0, 0.1) is 30.9 Å². The summed E-state index contributed by atoms with van der Waals surface area (Å²) in [5.41, 5.74) is 2.89. The van der Waals surface area contributed by atoms with Crippen LogP contribution in [0.15, 0.2) is 24.3 Å². The molecular weight excluding hydrogens is 260 g/mol. The Morgan fingerprint density at radius 3 is 2.58 bits per heavy atom. The van der Waals surface area contributed by atoms with Crippen LogP contribution >= 0.6 is 11.3 Å². The fraction of sp³-hybridized carbons (Fsp3) is 0.286. The molecule has 1 aromatic carbocycles. The first-order valence-corrected chi connectivity index (χ1v) is 6.84. The molecule has 0 amide bonds. The van der Waals surface area contributed by atoms with Gasteiger partial charge in [-0.3, -0.25) is 10.1 Å². The number of thiophene rings is 1. The fourth-order valence-electron chi connectivity index (χ4n) is 1.95. The van der Waals surface area contributed by atoms with E-state index >= 15 is 0 Å². The van der Waals surface area contributed by atoms with E-state index in [1.807, 2.05) is 13.0 Å². The Balaban J connectivity index is 2.21. The summed E-state index contributed by atoms with van der Waals surface area (Å²) in [6, 6.07) is 7.23. The van der Waals surface area contributed by atoms with Gasteiger partial charge in [0, 0.05) is 22.4 Å². The Kier molecular flexibility index (Phi) is 3.85. The maximum atomic E-state index is 11.0. The van der Waals surface area contributed by atoms with Crippen molar-refractivity contribution >= 4 is 22.7 Å². The van der Waals surface area contributed by atoms with Gasteiger partial charge < -0.3 is 5.32 Å². The second-order valence-corrected chi connectivity index (χ2v) is 5.87. The molecule has 1 aromatic heterocycles. The van der Waals surface area contributed by atoms with Crippen LogP contribution in [-0.2, 0) is 6.54 Å². The largest absolute Gasteiger partial charge is 0.374 e. The van der Waals surface area contributed by atoms with Gasteiger partial charge in [0.05, 0.1) is 4.92 Å². The van der Waals surface area contributed by atoms with Crippen molar-refractivity contribution in [2.75, 3.05) is 5.32 Å². The van der Waals surface area contributed by atoms with E-state index in [1.165, 1.54) is 21.4 Å². The van der Waals surface area contributed by atoms with Crippen LogP contribution in [0.3, 0.4) is 0 Å². The van der Waals surface area contributed by atoms with E-state index < -0.39 is 0 Å². The van der Waals surface area contributed by atoms with Gasteiger partial charge in [-0.05, 0) is 38.0 Å². The third-order valence-electron chi connectivity index (χ3n) is 3.10. The van der Waals surface area contributed by atoms with E-state index in [2.05, 4.69) is 25.2 Å². The van der Waals surface area contributed by atoms with Gasteiger partial charge in [0.15, 0.2) is 0 Å². The first-order chi connectivity index (χ1) is 8.99. The molecule has 0 radical (unpaired) electrons. The van der Waals surface area contributed by atoms with E-state index in [0.29, 0.717) is 12.2 Å². The minimum absolute atomic E-state index is 0.130. The Morgan fingerprint density at radius 2 is 2.00 bits per heavy atom. The molecule has 2 aromatic rings. The van der Waals surface area contributed by atoms with Crippen LogP contribution in [-0.4, -0.2) is 4.92 Å². The van der Waals surface area contributed by atoms with Gasteiger partial charge in [0.25, 0.3) is 5.69 Å². The number of rotatable bonds is 4. The number of hydrogen-bond acceptors (Lipinski definition) is 4. The zero-order valence-corrected chi connectivity index (χ0v) is 12.0. The number of hydrogen-bond donors (Lipinski definition) is 1. The van der Waals surface area contributed by atoms with Crippen molar-refractivity contribution in [2.24, 2.45) is 0 Å². The molecular formula is C14H16N2O2S. The highest BCUT2D eigenvalue weighted by atomic mass is 32.1. The van der Waals surface area contributed by atoms with Crippen LogP contribution in [0.5, 0.6) is 0 Å². The second-order valence-electron chi connectivity index (χ2n) is 4.53. The highest BCUT2D eigenvalue weighted by molar-refractivity contribution is 7.12. The molecule has 0 atom stereocenters. The molecule has 4 nitrogen and oxygen atoms in total. The van der Waals surface area contributed by atoms with Crippen LogP contribution < -0.4 is 5.32 Å². The zero-order chi connectivity index (χ0) is 14.0. The average Bonchev–Trinajstić information content (AvgIpc) is 2.67. The van der Waals surface area contributed by atoms with Gasteiger partial charge in [-0.1, -0.05) is 12.1 Å². The Bertz CT molecular complexity index is 600. The maximum Gasteiger partial charge on any atom is 0.292 e. The van der Waals surface area contributed by atoms with Gasteiger partial charge in [-0.15, -0.1) is 11.3 Å². The van der Waals surface area contributed by atoms with Gasteiger partial charge >= 0.3 is 0 Å². The molecule has 100 valence electrons. The summed E-state index contributed by atoms with van der Waals surface area (Å²) >= 11 is 1.72. The zero-order valence-electron chi connectivity index (χ0n) is 11.2. The van der Waals surface area contributed by atoms with Gasteiger partial charge in [0.1, 0.15) is 5.69 Å². The van der Waals surface area contributed by atoms with Crippen molar-refractivity contribution in [1.29, 1.82) is 0 Å². The predicted octanol–water partition coefficient (Wildman–Crippen LogP) is 4.19. The van der Waals surface area contributed by atoms with Crippen LogP contribution in [0.4, 0.5) is 11.4 Å². The molecule has 0 bridgehead atoms. The number of nitrogens with zero attached hydrogens (tertiary/aromatic N) is 1. The van der Waals surface area contributed by atoms with Crippen molar-refractivity contribution in [3.8, 4) is 0 Å². The molecule has 2 rings (SSSR count). The number of aryl methyl sites for hydroxylation is 3. The lowest BCUT2D eigenvalue weighted by Crippen LogP contribution is -2.03. The number of para-hydroxylation sites is 1. The number of nitro groups is 1. The van der Waals surface area contributed by atoms with E-state index in [1.54, 1.807) is 17.4 Å². The summed E-state index contributed by atoms with van der Waals surface area (Å²) in [7, 11) is 0. The predicted molar refractivity (Wildman–Crippen MR) is 79.0 cm³/mol. The standard InChI is InChI=1S/C14H16N2O2S/c1-9-5-4-6-13(16(17)18)14(9)15-8-12-7-10(2)11(3)19-12/h4-7,15H,8H2,1-3H3. The first kappa shape index (κ1) is 13.5. The second kappa shape index (κ2) is 5.40. The van der Waals surface area contributed by atoms with E-state index in [0.717, 1.165) is 5.56 Å². The molecule has 1 N–H and O–H groups in total. The Labute approximate surface area is 116 Å². The summed E-state index contributed by atoms with van der Waals surface area (Å²) in [6.45, 7) is 6.65. The average molecular weight is 276 g/mol. The minimum Gasteiger partial charge on any atom is -0.374 e. The SMILES string of the molecule is Cc1cc(CNc2c(C)cccc2[N+](=O)[O-])sc1C. The van der Waals surface area contributed by atoms with E-state index in [4.69, 9.17) is 0 Å². The summed E-state index contributed by atoms with van der Waals surface area (Å²) < 4.78 is 0. The van der Waals surface area contributed by atoms with Crippen molar-refractivity contribution in [3.05, 3.63) is 55.3 Å². The summed E-state index contributed by atoms with van der Waals surface area (Å²) in [5, 5.41) is 14.2. The molecule has 5 heteroatoms. The molecule has 19 heavy (non-hydrogen) atoms. The first-order valence-electron chi connectivity index (χ1n) is 6.03. The van der Waals surface area contributed by atoms with Crippen molar-refractivity contribution in [2.45, 2.75) is 27.3 Å². The fourth-order valence-corrected chi connectivity index (χ4v) is 2.94. The monoisotopic (exact) mass is 276 g/mol. The lowest BCUT2D eigenvalue weighted by molar-refractivity contribution is -0.384. The Hall–Kier alpha value is -1.88. The van der Waals surface area contributed by atoms with Gasteiger partial charge in [-0.25, -0.2) is 0 Å². The minimum atomic E-state index is -0.347. The molecule has 1 heterocycles.